The predicted octanol–water partition coefficient (Wildman–Crippen LogP) is 0.789. The van der Waals surface area contributed by atoms with Crippen molar-refractivity contribution in [1.82, 2.24) is 10.2 Å². The average Bonchev–Trinajstić information content (AvgIpc) is 2.84. The first-order valence-corrected chi connectivity index (χ1v) is 6.51. The smallest absolute Gasteiger partial charge is 0.243 e. The molecule has 96 valence electrons. The highest BCUT2D eigenvalue weighted by atomic mass is 16.5. The SMILES string of the molecule is C=CC(=O)NC1CCN(CC2CCOC2)CC1. The maximum atomic E-state index is 11.2. The van der Waals surface area contributed by atoms with E-state index in [0.29, 0.717) is 12.0 Å². The van der Waals surface area contributed by atoms with Crippen molar-refractivity contribution >= 4 is 5.91 Å². The minimum absolute atomic E-state index is 0.0485. The van der Waals surface area contributed by atoms with Crippen LogP contribution in [0.4, 0.5) is 0 Å². The molecule has 1 amide bonds. The number of piperidine rings is 1. The molecule has 0 spiro atoms. The molecule has 0 bridgehead atoms. The molecule has 0 radical (unpaired) electrons. The topological polar surface area (TPSA) is 41.6 Å². The van der Waals surface area contributed by atoms with Gasteiger partial charge >= 0.3 is 0 Å². The quantitative estimate of drug-likeness (QED) is 0.736. The summed E-state index contributed by atoms with van der Waals surface area (Å²) >= 11 is 0. The fraction of sp³-hybridized carbons (Fsp3) is 0.769. The van der Waals surface area contributed by atoms with Gasteiger partial charge in [-0.25, -0.2) is 0 Å². The molecule has 0 aliphatic carbocycles. The van der Waals surface area contributed by atoms with Gasteiger partial charge in [0.1, 0.15) is 0 Å². The first-order chi connectivity index (χ1) is 8.28. The lowest BCUT2D eigenvalue weighted by Gasteiger charge is -2.33. The first kappa shape index (κ1) is 12.6. The van der Waals surface area contributed by atoms with Crippen LogP contribution in [0.1, 0.15) is 19.3 Å². The Morgan fingerprint density at radius 2 is 2.18 bits per heavy atom. The maximum absolute atomic E-state index is 11.2. The Kier molecular flexibility index (Phi) is 4.57. The van der Waals surface area contributed by atoms with Gasteiger partial charge < -0.3 is 15.0 Å². The van der Waals surface area contributed by atoms with Crippen LogP contribution in [0.25, 0.3) is 0 Å². The number of nitrogens with one attached hydrogen (secondary N) is 1. The van der Waals surface area contributed by atoms with Gasteiger partial charge in [-0.3, -0.25) is 4.79 Å². The molecule has 2 saturated heterocycles. The van der Waals surface area contributed by atoms with Crippen LogP contribution >= 0.6 is 0 Å². The van der Waals surface area contributed by atoms with E-state index in [4.69, 9.17) is 4.74 Å². The molecule has 2 fully saturated rings. The Labute approximate surface area is 103 Å². The van der Waals surface area contributed by atoms with Crippen LogP contribution in [-0.2, 0) is 9.53 Å². The lowest BCUT2D eigenvalue weighted by molar-refractivity contribution is -0.117. The summed E-state index contributed by atoms with van der Waals surface area (Å²) in [6.07, 6.45) is 4.65. The van der Waals surface area contributed by atoms with Gasteiger partial charge in [-0.1, -0.05) is 6.58 Å². The number of hydrogen-bond donors (Lipinski definition) is 1. The van der Waals surface area contributed by atoms with Crippen LogP contribution in [0.5, 0.6) is 0 Å². The molecule has 0 aromatic heterocycles. The molecule has 0 aromatic rings. The van der Waals surface area contributed by atoms with Gasteiger partial charge in [0.25, 0.3) is 0 Å². The van der Waals surface area contributed by atoms with Crippen LogP contribution in [-0.4, -0.2) is 49.7 Å². The molecule has 4 heteroatoms. The number of carbonyl (C=O) groups excluding carboxylic acids is 1. The maximum Gasteiger partial charge on any atom is 0.243 e. The number of rotatable bonds is 4. The van der Waals surface area contributed by atoms with Crippen molar-refractivity contribution in [2.24, 2.45) is 5.92 Å². The molecule has 1 N–H and O–H groups in total. The molecular formula is C13H22N2O2. The fourth-order valence-electron chi connectivity index (χ4n) is 2.61. The molecule has 2 aliphatic heterocycles. The highest BCUT2D eigenvalue weighted by Gasteiger charge is 2.24. The van der Waals surface area contributed by atoms with Crippen molar-refractivity contribution < 1.29 is 9.53 Å². The Bertz CT molecular complexity index is 267. The summed E-state index contributed by atoms with van der Waals surface area (Å²) in [6, 6.07) is 0.330. The van der Waals surface area contributed by atoms with Crippen molar-refractivity contribution in [2.45, 2.75) is 25.3 Å². The number of ether oxygens (including phenoxy) is 1. The van der Waals surface area contributed by atoms with Crippen LogP contribution in [0.15, 0.2) is 12.7 Å². The van der Waals surface area contributed by atoms with Gasteiger partial charge in [0, 0.05) is 32.3 Å². The summed E-state index contributed by atoms with van der Waals surface area (Å²) in [6.45, 7) is 8.64. The van der Waals surface area contributed by atoms with E-state index < -0.39 is 0 Å². The number of amides is 1. The predicted molar refractivity (Wildman–Crippen MR) is 66.7 cm³/mol. The summed E-state index contributed by atoms with van der Waals surface area (Å²) in [5, 5.41) is 2.97. The minimum atomic E-state index is -0.0485. The highest BCUT2D eigenvalue weighted by Crippen LogP contribution is 2.17. The molecule has 2 heterocycles. The van der Waals surface area contributed by atoms with E-state index in [1.54, 1.807) is 0 Å². The minimum Gasteiger partial charge on any atom is -0.381 e. The van der Waals surface area contributed by atoms with Crippen molar-refractivity contribution in [3.8, 4) is 0 Å². The zero-order chi connectivity index (χ0) is 12.1. The molecule has 2 aliphatic rings. The van der Waals surface area contributed by atoms with E-state index in [1.807, 2.05) is 0 Å². The number of nitrogens with zero attached hydrogens (tertiary/aromatic N) is 1. The van der Waals surface area contributed by atoms with Gasteiger partial charge in [-0.15, -0.1) is 0 Å². The van der Waals surface area contributed by atoms with E-state index in [-0.39, 0.29) is 5.91 Å². The Morgan fingerprint density at radius 1 is 1.41 bits per heavy atom. The molecule has 0 saturated carbocycles. The second kappa shape index (κ2) is 6.17. The van der Waals surface area contributed by atoms with E-state index in [2.05, 4.69) is 16.8 Å². The van der Waals surface area contributed by atoms with Crippen molar-refractivity contribution in [3.05, 3.63) is 12.7 Å². The Balaban J connectivity index is 1.66. The molecule has 0 aromatic carbocycles. The van der Waals surface area contributed by atoms with E-state index in [9.17, 15) is 4.79 Å². The lowest BCUT2D eigenvalue weighted by atomic mass is 10.0. The highest BCUT2D eigenvalue weighted by molar-refractivity contribution is 5.87. The van der Waals surface area contributed by atoms with E-state index in [0.717, 1.165) is 45.7 Å². The van der Waals surface area contributed by atoms with Crippen LogP contribution in [0.3, 0.4) is 0 Å². The molecule has 17 heavy (non-hydrogen) atoms. The van der Waals surface area contributed by atoms with Crippen LogP contribution < -0.4 is 5.32 Å². The average molecular weight is 238 g/mol. The lowest BCUT2D eigenvalue weighted by Crippen LogP contribution is -2.45. The summed E-state index contributed by atoms with van der Waals surface area (Å²) in [5.74, 6) is 0.668. The number of hydrogen-bond acceptors (Lipinski definition) is 3. The standard InChI is InChI=1S/C13H22N2O2/c1-2-13(16)14-12-3-6-15(7-4-12)9-11-5-8-17-10-11/h2,11-12H,1,3-10H2,(H,14,16). The number of likely N-dealkylation sites (tertiary alicyclic amines) is 1. The molecule has 4 nitrogen and oxygen atoms in total. The zero-order valence-corrected chi connectivity index (χ0v) is 10.4. The third kappa shape index (κ3) is 3.82. The second-order valence-corrected chi connectivity index (χ2v) is 5.02. The van der Waals surface area contributed by atoms with Crippen molar-refractivity contribution in [1.29, 1.82) is 0 Å². The van der Waals surface area contributed by atoms with Gasteiger partial charge in [0.05, 0.1) is 6.61 Å². The summed E-state index contributed by atoms with van der Waals surface area (Å²) in [4.78, 5) is 13.7. The zero-order valence-electron chi connectivity index (χ0n) is 10.4. The van der Waals surface area contributed by atoms with Crippen LogP contribution in [0.2, 0.25) is 0 Å². The van der Waals surface area contributed by atoms with Gasteiger partial charge in [-0.05, 0) is 31.3 Å². The van der Waals surface area contributed by atoms with Gasteiger partial charge in [0.15, 0.2) is 0 Å². The largest absolute Gasteiger partial charge is 0.381 e. The monoisotopic (exact) mass is 238 g/mol. The summed E-state index contributed by atoms with van der Waals surface area (Å²) < 4.78 is 5.39. The summed E-state index contributed by atoms with van der Waals surface area (Å²) in [7, 11) is 0. The third-order valence-corrected chi connectivity index (χ3v) is 3.66. The van der Waals surface area contributed by atoms with Crippen molar-refractivity contribution in [3.63, 3.8) is 0 Å². The molecular weight excluding hydrogens is 216 g/mol. The van der Waals surface area contributed by atoms with Crippen molar-refractivity contribution in [2.75, 3.05) is 32.8 Å². The second-order valence-electron chi connectivity index (χ2n) is 5.02. The number of carbonyl (C=O) groups is 1. The van der Waals surface area contributed by atoms with E-state index in [1.165, 1.54) is 12.5 Å². The van der Waals surface area contributed by atoms with Gasteiger partial charge in [0.2, 0.25) is 5.91 Å². The summed E-state index contributed by atoms with van der Waals surface area (Å²) in [5.41, 5.74) is 0. The normalized spacial score (nSPS) is 26.9. The molecule has 1 unspecified atom stereocenters. The molecule has 2 rings (SSSR count). The van der Waals surface area contributed by atoms with Crippen LogP contribution in [0, 0.1) is 5.92 Å². The van der Waals surface area contributed by atoms with Gasteiger partial charge in [-0.2, -0.15) is 0 Å². The Morgan fingerprint density at radius 3 is 2.76 bits per heavy atom. The first-order valence-electron chi connectivity index (χ1n) is 6.51. The Hall–Kier alpha value is -0.870. The fourth-order valence-corrected chi connectivity index (χ4v) is 2.61. The van der Waals surface area contributed by atoms with E-state index >= 15 is 0 Å². The molecule has 1 atom stereocenters. The third-order valence-electron chi connectivity index (χ3n) is 3.66.